The number of guanidine groups is 1. The minimum Gasteiger partial charge on any atom is -0.356 e. The molecule has 0 spiro atoms. The van der Waals surface area contributed by atoms with Crippen LogP contribution in [0.25, 0.3) is 0 Å². The van der Waals surface area contributed by atoms with E-state index in [1.807, 2.05) is 30.3 Å². The van der Waals surface area contributed by atoms with Crippen molar-refractivity contribution < 1.29 is 8.42 Å². The quantitative estimate of drug-likeness (QED) is 0.225. The molecule has 0 unspecified atom stereocenters. The maximum absolute atomic E-state index is 11.5. The molecule has 2 aromatic carbocycles. The molecule has 148 valence electrons. The Labute approximate surface area is 178 Å². The van der Waals surface area contributed by atoms with Gasteiger partial charge in [0.05, 0.1) is 11.9 Å². The van der Waals surface area contributed by atoms with E-state index in [2.05, 4.69) is 32.5 Å². The van der Waals surface area contributed by atoms with Gasteiger partial charge < -0.3 is 10.6 Å². The standard InChI is InChI=1S/C19H26N4O2S.HI/c1-20-19(21-14-8-11-16-9-4-3-5-10-16)22-15-17-12-6-7-13-18(17)23-26(2,24)25;/h3-7,9-10,12-13,23H,8,11,14-15H2,1-2H3,(H2,20,21,22);1H. The molecule has 0 aliphatic heterocycles. The molecule has 27 heavy (non-hydrogen) atoms. The smallest absolute Gasteiger partial charge is 0.229 e. The highest BCUT2D eigenvalue weighted by Crippen LogP contribution is 2.15. The number of nitrogens with one attached hydrogen (secondary N) is 3. The predicted octanol–water partition coefficient (Wildman–Crippen LogP) is 2.97. The lowest BCUT2D eigenvalue weighted by Crippen LogP contribution is -2.37. The minimum atomic E-state index is -3.31. The molecule has 0 aliphatic rings. The molecule has 0 amide bonds. The fourth-order valence-electron chi connectivity index (χ4n) is 2.52. The monoisotopic (exact) mass is 502 g/mol. The minimum absolute atomic E-state index is 0. The van der Waals surface area contributed by atoms with E-state index in [0.717, 1.165) is 31.2 Å². The maximum Gasteiger partial charge on any atom is 0.229 e. The highest BCUT2D eigenvalue weighted by atomic mass is 127. The molecular formula is C19H27IN4O2S. The average Bonchev–Trinajstić information content (AvgIpc) is 2.62. The Bertz CT molecular complexity index is 827. The van der Waals surface area contributed by atoms with Crippen molar-refractivity contribution in [3.8, 4) is 0 Å². The summed E-state index contributed by atoms with van der Waals surface area (Å²) in [6.07, 6.45) is 3.15. The van der Waals surface area contributed by atoms with Crippen LogP contribution < -0.4 is 15.4 Å². The summed E-state index contributed by atoms with van der Waals surface area (Å²) in [5.74, 6) is 0.687. The van der Waals surface area contributed by atoms with Crippen LogP contribution in [0.1, 0.15) is 17.5 Å². The molecule has 0 bridgehead atoms. The number of anilines is 1. The van der Waals surface area contributed by atoms with Crippen LogP contribution in [-0.4, -0.2) is 34.2 Å². The normalized spacial score (nSPS) is 11.4. The molecule has 2 rings (SSSR count). The van der Waals surface area contributed by atoms with E-state index < -0.39 is 10.0 Å². The lowest BCUT2D eigenvalue weighted by atomic mass is 10.1. The third-order valence-electron chi connectivity index (χ3n) is 3.76. The largest absolute Gasteiger partial charge is 0.356 e. The molecule has 0 radical (unpaired) electrons. The summed E-state index contributed by atoms with van der Waals surface area (Å²) in [5, 5.41) is 6.49. The van der Waals surface area contributed by atoms with Gasteiger partial charge in [0.15, 0.2) is 5.96 Å². The van der Waals surface area contributed by atoms with Gasteiger partial charge >= 0.3 is 0 Å². The lowest BCUT2D eigenvalue weighted by molar-refractivity contribution is 0.606. The number of aliphatic imine (C=N–C) groups is 1. The van der Waals surface area contributed by atoms with Crippen molar-refractivity contribution in [1.29, 1.82) is 0 Å². The summed E-state index contributed by atoms with van der Waals surface area (Å²) >= 11 is 0. The molecule has 0 aliphatic carbocycles. The van der Waals surface area contributed by atoms with Crippen LogP contribution in [0, 0.1) is 0 Å². The molecule has 6 nitrogen and oxygen atoms in total. The molecule has 0 saturated heterocycles. The average molecular weight is 502 g/mol. The van der Waals surface area contributed by atoms with Crippen molar-refractivity contribution in [2.24, 2.45) is 4.99 Å². The Morgan fingerprint density at radius 3 is 2.33 bits per heavy atom. The van der Waals surface area contributed by atoms with E-state index in [1.54, 1.807) is 19.2 Å². The number of nitrogens with zero attached hydrogens (tertiary/aromatic N) is 1. The van der Waals surface area contributed by atoms with Gasteiger partial charge in [0, 0.05) is 20.1 Å². The highest BCUT2D eigenvalue weighted by Gasteiger charge is 2.07. The van der Waals surface area contributed by atoms with E-state index in [4.69, 9.17) is 0 Å². The maximum atomic E-state index is 11.5. The summed E-state index contributed by atoms with van der Waals surface area (Å²) < 4.78 is 25.5. The number of aryl methyl sites for hydroxylation is 1. The van der Waals surface area contributed by atoms with E-state index in [-0.39, 0.29) is 24.0 Å². The second kappa shape index (κ2) is 11.8. The van der Waals surface area contributed by atoms with Gasteiger partial charge in [-0.2, -0.15) is 0 Å². The summed E-state index contributed by atoms with van der Waals surface area (Å²) in [6.45, 7) is 1.27. The first-order valence-corrected chi connectivity index (χ1v) is 10.4. The molecular weight excluding hydrogens is 475 g/mol. The van der Waals surface area contributed by atoms with Gasteiger partial charge in [0.2, 0.25) is 10.0 Å². The van der Waals surface area contributed by atoms with Crippen LogP contribution in [0.4, 0.5) is 5.69 Å². The molecule has 8 heteroatoms. The van der Waals surface area contributed by atoms with Crippen LogP contribution in [0.3, 0.4) is 0 Å². The second-order valence-electron chi connectivity index (χ2n) is 5.97. The Morgan fingerprint density at radius 1 is 1.00 bits per heavy atom. The molecule has 0 aromatic heterocycles. The van der Waals surface area contributed by atoms with E-state index >= 15 is 0 Å². The zero-order valence-electron chi connectivity index (χ0n) is 15.6. The van der Waals surface area contributed by atoms with Crippen molar-refractivity contribution in [2.75, 3.05) is 24.6 Å². The Morgan fingerprint density at radius 2 is 1.67 bits per heavy atom. The van der Waals surface area contributed by atoms with E-state index in [1.165, 1.54) is 5.56 Å². The van der Waals surface area contributed by atoms with Gasteiger partial charge in [-0.25, -0.2) is 8.42 Å². The van der Waals surface area contributed by atoms with Crippen LogP contribution in [0.5, 0.6) is 0 Å². The number of sulfonamides is 1. The zero-order valence-corrected chi connectivity index (χ0v) is 18.8. The first-order chi connectivity index (χ1) is 12.5. The molecule has 2 aromatic rings. The Kier molecular flexibility index (Phi) is 10.2. The number of rotatable bonds is 8. The van der Waals surface area contributed by atoms with Crippen LogP contribution in [0.15, 0.2) is 59.6 Å². The van der Waals surface area contributed by atoms with Gasteiger partial charge in [0.25, 0.3) is 0 Å². The second-order valence-corrected chi connectivity index (χ2v) is 7.72. The number of halogens is 1. The van der Waals surface area contributed by atoms with Gasteiger partial charge in [-0.1, -0.05) is 48.5 Å². The summed E-state index contributed by atoms with van der Waals surface area (Å²) in [5.41, 5.74) is 2.74. The van der Waals surface area contributed by atoms with Gasteiger partial charge in [-0.05, 0) is 30.0 Å². The zero-order chi connectivity index (χ0) is 18.8. The third kappa shape index (κ3) is 9.09. The predicted molar refractivity (Wildman–Crippen MR) is 123 cm³/mol. The molecule has 0 saturated carbocycles. The molecule has 0 fully saturated rings. The first-order valence-electron chi connectivity index (χ1n) is 8.52. The number of benzene rings is 2. The van der Waals surface area contributed by atoms with Gasteiger partial charge in [-0.15, -0.1) is 24.0 Å². The molecule has 3 N–H and O–H groups in total. The van der Waals surface area contributed by atoms with E-state index in [0.29, 0.717) is 18.2 Å². The summed E-state index contributed by atoms with van der Waals surface area (Å²) in [7, 11) is -1.60. The number of hydrogen-bond donors (Lipinski definition) is 3. The number of para-hydroxylation sites is 1. The SMILES string of the molecule is CN=C(NCCCc1ccccc1)NCc1ccccc1NS(C)(=O)=O.I. The van der Waals surface area contributed by atoms with Crippen molar-refractivity contribution in [1.82, 2.24) is 10.6 Å². The highest BCUT2D eigenvalue weighted by molar-refractivity contribution is 14.0. The molecule has 0 heterocycles. The fourth-order valence-corrected chi connectivity index (χ4v) is 3.12. The molecule has 0 atom stereocenters. The van der Waals surface area contributed by atoms with Crippen molar-refractivity contribution in [3.63, 3.8) is 0 Å². The van der Waals surface area contributed by atoms with Gasteiger partial charge in [0.1, 0.15) is 0 Å². The summed E-state index contributed by atoms with van der Waals surface area (Å²) in [4.78, 5) is 4.21. The van der Waals surface area contributed by atoms with Crippen LogP contribution >= 0.6 is 24.0 Å². The Hall–Kier alpha value is -1.81. The van der Waals surface area contributed by atoms with Crippen LogP contribution in [0.2, 0.25) is 0 Å². The fraction of sp³-hybridized carbons (Fsp3) is 0.316. The summed E-state index contributed by atoms with van der Waals surface area (Å²) in [6, 6.07) is 17.7. The lowest BCUT2D eigenvalue weighted by Gasteiger charge is -2.14. The van der Waals surface area contributed by atoms with Crippen molar-refractivity contribution in [3.05, 3.63) is 65.7 Å². The van der Waals surface area contributed by atoms with Crippen molar-refractivity contribution >= 4 is 45.6 Å². The van der Waals surface area contributed by atoms with Crippen molar-refractivity contribution in [2.45, 2.75) is 19.4 Å². The topological polar surface area (TPSA) is 82.6 Å². The third-order valence-corrected chi connectivity index (χ3v) is 4.35. The first kappa shape index (κ1) is 23.2. The number of hydrogen-bond acceptors (Lipinski definition) is 3. The van der Waals surface area contributed by atoms with Gasteiger partial charge in [-0.3, -0.25) is 9.71 Å². The van der Waals surface area contributed by atoms with E-state index in [9.17, 15) is 8.42 Å². The Balaban J connectivity index is 0.00000364. The van der Waals surface area contributed by atoms with Crippen LogP contribution in [-0.2, 0) is 23.0 Å².